The molecule has 0 amide bonds. The minimum absolute atomic E-state index is 0.246. The Labute approximate surface area is 80.1 Å². The molecule has 0 saturated heterocycles. The fraction of sp³-hybridized carbons (Fsp3) is 0. The van der Waals surface area contributed by atoms with Crippen LogP contribution in [0.4, 0.5) is 4.39 Å². The quantitative estimate of drug-likeness (QED) is 0.684. The molecule has 14 heavy (non-hydrogen) atoms. The van der Waals surface area contributed by atoms with Gasteiger partial charge in [-0.05, 0) is 18.2 Å². The molecule has 0 aliphatic rings. The van der Waals surface area contributed by atoms with Crippen LogP contribution >= 0.6 is 0 Å². The van der Waals surface area contributed by atoms with Gasteiger partial charge in [0.25, 0.3) is 0 Å². The van der Waals surface area contributed by atoms with E-state index in [9.17, 15) is 4.39 Å². The zero-order valence-electron chi connectivity index (χ0n) is 7.18. The van der Waals surface area contributed by atoms with Gasteiger partial charge in [-0.25, -0.2) is 9.37 Å². The molecule has 1 heterocycles. The smallest absolute Gasteiger partial charge is 0.217 e. The van der Waals surface area contributed by atoms with E-state index in [4.69, 9.17) is 5.26 Å². The van der Waals surface area contributed by atoms with Crippen molar-refractivity contribution < 1.29 is 4.39 Å². The highest BCUT2D eigenvalue weighted by molar-refractivity contribution is 5.35. The summed E-state index contributed by atoms with van der Waals surface area (Å²) in [5.41, 5.74) is 0.596. The van der Waals surface area contributed by atoms with E-state index in [1.165, 1.54) is 22.9 Å². The molecule has 0 aliphatic carbocycles. The van der Waals surface area contributed by atoms with Gasteiger partial charge in [0.05, 0.1) is 5.69 Å². The Hall–Kier alpha value is -2.15. The van der Waals surface area contributed by atoms with E-state index < -0.39 is 0 Å². The standard InChI is InChI=1S/C10H6FN3/c11-8-2-1-3-9(6-8)14-5-4-13-10(14)7-12/h1-6H. The van der Waals surface area contributed by atoms with Crippen molar-refractivity contribution in [2.75, 3.05) is 0 Å². The Morgan fingerprint density at radius 3 is 3.00 bits per heavy atom. The number of nitriles is 1. The van der Waals surface area contributed by atoms with Crippen LogP contribution in [0.1, 0.15) is 5.82 Å². The molecular weight excluding hydrogens is 181 g/mol. The molecule has 68 valence electrons. The summed E-state index contributed by atoms with van der Waals surface area (Å²) in [6.45, 7) is 0. The zero-order valence-corrected chi connectivity index (χ0v) is 7.18. The van der Waals surface area contributed by atoms with Crippen molar-refractivity contribution in [2.24, 2.45) is 0 Å². The predicted octanol–water partition coefficient (Wildman–Crippen LogP) is 1.88. The van der Waals surface area contributed by atoms with E-state index in [1.807, 2.05) is 6.07 Å². The second-order valence-electron chi connectivity index (χ2n) is 2.71. The summed E-state index contributed by atoms with van der Waals surface area (Å²) in [6.07, 6.45) is 3.12. The van der Waals surface area contributed by atoms with Gasteiger partial charge in [0.1, 0.15) is 11.9 Å². The summed E-state index contributed by atoms with van der Waals surface area (Å²) in [7, 11) is 0. The SMILES string of the molecule is N#Cc1nccn1-c1cccc(F)c1. The van der Waals surface area contributed by atoms with Crippen LogP contribution in [0.15, 0.2) is 36.7 Å². The molecule has 1 aromatic carbocycles. The average Bonchev–Trinajstić information content (AvgIpc) is 2.65. The number of halogens is 1. The molecule has 0 saturated carbocycles. The van der Waals surface area contributed by atoms with Crippen molar-refractivity contribution in [2.45, 2.75) is 0 Å². The molecule has 0 fully saturated rings. The Morgan fingerprint density at radius 2 is 2.29 bits per heavy atom. The monoisotopic (exact) mass is 187 g/mol. The number of hydrogen-bond acceptors (Lipinski definition) is 2. The second-order valence-corrected chi connectivity index (χ2v) is 2.71. The molecule has 0 aliphatic heterocycles. The molecule has 2 aromatic rings. The molecule has 0 unspecified atom stereocenters. The Balaban J connectivity index is 2.56. The van der Waals surface area contributed by atoms with Crippen LogP contribution in [0, 0.1) is 17.1 Å². The molecule has 1 aromatic heterocycles. The summed E-state index contributed by atoms with van der Waals surface area (Å²) in [4.78, 5) is 3.82. The topological polar surface area (TPSA) is 41.6 Å². The van der Waals surface area contributed by atoms with Gasteiger partial charge in [0, 0.05) is 12.4 Å². The number of aromatic nitrogens is 2. The lowest BCUT2D eigenvalue weighted by molar-refractivity contribution is 0.626. The fourth-order valence-corrected chi connectivity index (χ4v) is 1.22. The van der Waals surface area contributed by atoms with Gasteiger partial charge in [0.2, 0.25) is 5.82 Å². The van der Waals surface area contributed by atoms with Crippen LogP contribution < -0.4 is 0 Å². The number of rotatable bonds is 1. The van der Waals surface area contributed by atoms with Crippen molar-refractivity contribution in [3.63, 3.8) is 0 Å². The van der Waals surface area contributed by atoms with Gasteiger partial charge in [-0.2, -0.15) is 5.26 Å². The molecule has 0 N–H and O–H groups in total. The number of benzene rings is 1. The third-order valence-electron chi connectivity index (χ3n) is 1.83. The summed E-state index contributed by atoms with van der Waals surface area (Å²) >= 11 is 0. The summed E-state index contributed by atoms with van der Waals surface area (Å²) in [5, 5.41) is 8.71. The van der Waals surface area contributed by atoms with E-state index in [0.717, 1.165) is 0 Å². The lowest BCUT2D eigenvalue weighted by atomic mass is 10.3. The molecule has 0 atom stereocenters. The van der Waals surface area contributed by atoms with Crippen LogP contribution in [-0.4, -0.2) is 9.55 Å². The van der Waals surface area contributed by atoms with Crippen LogP contribution in [0.5, 0.6) is 0 Å². The number of hydrogen-bond donors (Lipinski definition) is 0. The fourth-order valence-electron chi connectivity index (χ4n) is 1.22. The molecule has 3 nitrogen and oxygen atoms in total. The van der Waals surface area contributed by atoms with Crippen molar-refractivity contribution >= 4 is 0 Å². The van der Waals surface area contributed by atoms with Gasteiger partial charge < -0.3 is 0 Å². The van der Waals surface area contributed by atoms with Crippen molar-refractivity contribution in [1.29, 1.82) is 5.26 Å². The van der Waals surface area contributed by atoms with Gasteiger partial charge in [-0.3, -0.25) is 4.57 Å². The normalized spacial score (nSPS) is 9.71. The van der Waals surface area contributed by atoms with Crippen LogP contribution in [0.25, 0.3) is 5.69 Å². The first kappa shape index (κ1) is 8.45. The lowest BCUT2D eigenvalue weighted by Crippen LogP contribution is -1.96. The third kappa shape index (κ3) is 1.36. The van der Waals surface area contributed by atoms with Crippen LogP contribution in [0.3, 0.4) is 0 Å². The number of nitrogens with zero attached hydrogens (tertiary/aromatic N) is 3. The van der Waals surface area contributed by atoms with Crippen molar-refractivity contribution in [3.05, 3.63) is 48.3 Å². The Morgan fingerprint density at radius 1 is 1.43 bits per heavy atom. The van der Waals surface area contributed by atoms with E-state index >= 15 is 0 Å². The maximum atomic E-state index is 12.9. The summed E-state index contributed by atoms with van der Waals surface area (Å²) < 4.78 is 14.4. The molecule has 0 radical (unpaired) electrons. The predicted molar refractivity (Wildman–Crippen MR) is 48.2 cm³/mol. The summed E-state index contributed by atoms with van der Waals surface area (Å²) in [6, 6.07) is 7.93. The van der Waals surface area contributed by atoms with Gasteiger partial charge in [-0.15, -0.1) is 0 Å². The first-order valence-electron chi connectivity index (χ1n) is 4.00. The second kappa shape index (κ2) is 3.30. The highest BCUT2D eigenvalue weighted by Crippen LogP contribution is 2.11. The largest absolute Gasteiger partial charge is 0.291 e. The third-order valence-corrected chi connectivity index (χ3v) is 1.83. The van der Waals surface area contributed by atoms with Gasteiger partial charge >= 0.3 is 0 Å². The lowest BCUT2D eigenvalue weighted by Gasteiger charge is -2.02. The van der Waals surface area contributed by atoms with Crippen molar-refractivity contribution in [1.82, 2.24) is 9.55 Å². The Bertz CT molecular complexity index is 496. The molecule has 4 heteroatoms. The highest BCUT2D eigenvalue weighted by Gasteiger charge is 2.03. The zero-order chi connectivity index (χ0) is 9.97. The molecule has 0 spiro atoms. The van der Waals surface area contributed by atoms with E-state index in [-0.39, 0.29) is 11.6 Å². The first-order valence-corrected chi connectivity index (χ1v) is 4.00. The minimum Gasteiger partial charge on any atom is -0.291 e. The van der Waals surface area contributed by atoms with E-state index in [0.29, 0.717) is 5.69 Å². The van der Waals surface area contributed by atoms with Crippen LogP contribution in [0.2, 0.25) is 0 Å². The molecule has 2 rings (SSSR count). The molecule has 0 bridgehead atoms. The summed E-state index contributed by atoms with van der Waals surface area (Å²) in [5.74, 6) is -0.0873. The van der Waals surface area contributed by atoms with Crippen LogP contribution in [-0.2, 0) is 0 Å². The average molecular weight is 187 g/mol. The first-order chi connectivity index (χ1) is 6.81. The minimum atomic E-state index is -0.333. The molecular formula is C10H6FN3. The maximum absolute atomic E-state index is 12.9. The van der Waals surface area contributed by atoms with E-state index in [2.05, 4.69) is 4.98 Å². The van der Waals surface area contributed by atoms with Gasteiger partial charge in [-0.1, -0.05) is 6.07 Å². The number of imidazole rings is 1. The van der Waals surface area contributed by atoms with Crippen molar-refractivity contribution in [3.8, 4) is 11.8 Å². The van der Waals surface area contributed by atoms with Gasteiger partial charge in [0.15, 0.2) is 0 Å². The maximum Gasteiger partial charge on any atom is 0.217 e. The highest BCUT2D eigenvalue weighted by atomic mass is 19.1. The van der Waals surface area contributed by atoms with E-state index in [1.54, 1.807) is 18.3 Å². The Kier molecular flexibility index (Phi) is 1.99.